The number of primary amides is 1. The summed E-state index contributed by atoms with van der Waals surface area (Å²) in [5, 5.41) is 9.17. The second-order valence-corrected chi connectivity index (χ2v) is 11.0. The minimum atomic E-state index is -0.470. The Balaban J connectivity index is 0.000000967. The van der Waals surface area contributed by atoms with Gasteiger partial charge in [0, 0.05) is 34.8 Å². The topological polar surface area (TPSA) is 103 Å². The van der Waals surface area contributed by atoms with Gasteiger partial charge in [0.05, 0.1) is 11.1 Å². The number of aromatic nitrogens is 1. The van der Waals surface area contributed by atoms with Crippen LogP contribution in [0.5, 0.6) is 0 Å². The third-order valence-electron chi connectivity index (χ3n) is 7.09. The number of amides is 1. The molecule has 192 valence electrons. The molecular weight excluding hydrogens is 475 g/mol. The van der Waals surface area contributed by atoms with Crippen molar-refractivity contribution in [1.82, 2.24) is 4.57 Å². The third-order valence-corrected chi connectivity index (χ3v) is 7.09. The van der Waals surface area contributed by atoms with Crippen LogP contribution in [0.1, 0.15) is 73.2 Å². The summed E-state index contributed by atoms with van der Waals surface area (Å²) in [5.41, 5.74) is 10.0. The van der Waals surface area contributed by atoms with Crippen LogP contribution in [0, 0.1) is 11.2 Å². The van der Waals surface area contributed by atoms with E-state index in [1.165, 1.54) is 43.3 Å². The van der Waals surface area contributed by atoms with Gasteiger partial charge in [-0.2, -0.15) is 0 Å². The Morgan fingerprint density at radius 1 is 1.11 bits per heavy atom. The van der Waals surface area contributed by atoms with E-state index in [-0.39, 0.29) is 17.1 Å². The molecule has 0 radical (unpaired) electrons. The number of fused-ring (bicyclic) bond motifs is 3. The number of halogens is 1. The van der Waals surface area contributed by atoms with Crippen molar-refractivity contribution in [3.63, 3.8) is 0 Å². The lowest BCUT2D eigenvalue weighted by atomic mass is 9.80. The highest BCUT2D eigenvalue weighted by Crippen LogP contribution is 2.43. The number of hydrogen-bond donors (Lipinski definition) is 3. The zero-order chi connectivity index (χ0) is 26.0. The van der Waals surface area contributed by atoms with Crippen molar-refractivity contribution in [3.05, 3.63) is 53.5 Å². The van der Waals surface area contributed by atoms with Gasteiger partial charge in [-0.15, -0.1) is 0 Å². The molecule has 1 fully saturated rings. The summed E-state index contributed by atoms with van der Waals surface area (Å²) in [7, 11) is 0. The van der Waals surface area contributed by atoms with Gasteiger partial charge in [0.25, 0.3) is 5.91 Å². The summed E-state index contributed by atoms with van der Waals surface area (Å²) in [6.07, 6.45) is 8.64. The highest BCUT2D eigenvalue weighted by Gasteiger charge is 2.35. The Morgan fingerprint density at radius 2 is 1.81 bits per heavy atom. The summed E-state index contributed by atoms with van der Waals surface area (Å²) >= 11 is 1.25. The van der Waals surface area contributed by atoms with E-state index in [0.29, 0.717) is 30.0 Å². The fraction of sp³-hybridized carbons (Fsp3) is 0.429. The Morgan fingerprint density at radius 3 is 2.47 bits per heavy atom. The van der Waals surface area contributed by atoms with Crippen molar-refractivity contribution in [2.75, 3.05) is 11.6 Å². The zero-order valence-corrected chi connectivity index (χ0v) is 22.0. The Kier molecular flexibility index (Phi) is 7.76. The molecule has 0 atom stereocenters. The highest BCUT2D eigenvalue weighted by atomic mass is 32.2. The lowest BCUT2D eigenvalue weighted by Crippen LogP contribution is -2.31. The smallest absolute Gasteiger partial charge is 0.250 e. The number of rotatable bonds is 4. The molecule has 0 saturated heterocycles. The van der Waals surface area contributed by atoms with Crippen LogP contribution in [-0.2, 0) is 6.42 Å². The first-order chi connectivity index (χ1) is 17.1. The normalized spacial score (nSPS) is 17.3. The van der Waals surface area contributed by atoms with Crippen LogP contribution >= 0.6 is 11.9 Å². The molecule has 1 amide bonds. The van der Waals surface area contributed by atoms with E-state index in [0.717, 1.165) is 40.7 Å². The number of anilines is 1. The molecule has 1 saturated carbocycles. The molecule has 36 heavy (non-hydrogen) atoms. The molecule has 2 aromatic carbocycles. The summed E-state index contributed by atoms with van der Waals surface area (Å²) in [6, 6.07) is 10.6. The standard InChI is InChI=1S/C27H30FN3O2.CH5NS/c1-27(2)14-23-25(20-11-9-17(28)13-22(20)31(23)24(32)15-27)16-8-10-19(26(29)33)21(12-16)30-18-6-4-3-5-7-18;1-3-2/h8-13,18,30H,3-7,14-15H2,1-2H3,(H2,29,33);2H2,1H3. The molecule has 1 aliphatic carbocycles. The maximum absolute atomic E-state index is 14.2. The molecule has 0 bridgehead atoms. The van der Waals surface area contributed by atoms with Crippen LogP contribution in [0.3, 0.4) is 0 Å². The lowest BCUT2D eigenvalue weighted by molar-refractivity contribution is 0.0816. The van der Waals surface area contributed by atoms with Crippen LogP contribution in [0.2, 0.25) is 0 Å². The monoisotopic (exact) mass is 510 g/mol. The molecule has 1 aromatic heterocycles. The van der Waals surface area contributed by atoms with Crippen molar-refractivity contribution in [1.29, 1.82) is 0 Å². The van der Waals surface area contributed by atoms with Crippen molar-refractivity contribution >= 4 is 40.4 Å². The first-order valence-electron chi connectivity index (χ1n) is 12.4. The largest absolute Gasteiger partial charge is 0.382 e. The Labute approximate surface area is 216 Å². The number of nitrogens with one attached hydrogen (secondary N) is 1. The predicted octanol–water partition coefficient (Wildman–Crippen LogP) is 6.13. The molecule has 2 aliphatic rings. The van der Waals surface area contributed by atoms with Crippen molar-refractivity contribution in [3.8, 4) is 11.1 Å². The number of hydrogen-bond acceptors (Lipinski definition) is 5. The lowest BCUT2D eigenvalue weighted by Gasteiger charge is -2.30. The maximum atomic E-state index is 14.2. The number of nitrogens with zero attached hydrogens (tertiary/aromatic N) is 1. The van der Waals surface area contributed by atoms with E-state index in [4.69, 9.17) is 10.9 Å². The number of carbonyl (C=O) groups is 2. The fourth-order valence-electron chi connectivity index (χ4n) is 5.59. The Hall–Kier alpha value is -2.84. The van der Waals surface area contributed by atoms with E-state index < -0.39 is 5.91 Å². The second-order valence-electron chi connectivity index (χ2n) is 10.6. The van der Waals surface area contributed by atoms with Crippen LogP contribution in [0.15, 0.2) is 36.4 Å². The van der Waals surface area contributed by atoms with E-state index >= 15 is 0 Å². The summed E-state index contributed by atoms with van der Waals surface area (Å²) in [6.45, 7) is 4.17. The second kappa shape index (κ2) is 10.6. The zero-order valence-electron chi connectivity index (χ0n) is 21.2. The van der Waals surface area contributed by atoms with Gasteiger partial charge in [0.15, 0.2) is 0 Å². The van der Waals surface area contributed by atoms with E-state index in [1.807, 2.05) is 18.4 Å². The van der Waals surface area contributed by atoms with E-state index in [2.05, 4.69) is 19.2 Å². The fourth-order valence-corrected chi connectivity index (χ4v) is 5.59. The van der Waals surface area contributed by atoms with E-state index in [9.17, 15) is 14.0 Å². The molecule has 3 aromatic rings. The van der Waals surface area contributed by atoms with Gasteiger partial charge in [-0.05, 0) is 66.8 Å². The Bertz CT molecular complexity index is 1290. The van der Waals surface area contributed by atoms with Crippen molar-refractivity contribution < 1.29 is 14.0 Å². The molecule has 2 heterocycles. The number of benzene rings is 2. The van der Waals surface area contributed by atoms with Crippen molar-refractivity contribution in [2.45, 2.75) is 64.8 Å². The van der Waals surface area contributed by atoms with Crippen LogP contribution in [0.4, 0.5) is 10.1 Å². The molecule has 8 heteroatoms. The average molecular weight is 511 g/mol. The summed E-state index contributed by atoms with van der Waals surface area (Å²) in [5.74, 6) is -0.852. The molecule has 0 spiro atoms. The van der Waals surface area contributed by atoms with Crippen LogP contribution in [-0.4, -0.2) is 28.7 Å². The van der Waals surface area contributed by atoms with Gasteiger partial charge in [-0.3, -0.25) is 19.3 Å². The summed E-state index contributed by atoms with van der Waals surface area (Å²) < 4.78 is 15.9. The predicted molar refractivity (Wildman–Crippen MR) is 147 cm³/mol. The quantitative estimate of drug-likeness (QED) is 0.367. The van der Waals surface area contributed by atoms with Gasteiger partial charge < -0.3 is 11.1 Å². The minimum absolute atomic E-state index is 0.0163. The number of carbonyl (C=O) groups excluding carboxylic acids is 2. The molecular formula is C28H35FN4O2S. The molecule has 5 N–H and O–H groups in total. The third kappa shape index (κ3) is 5.30. The van der Waals surface area contributed by atoms with Gasteiger partial charge in [-0.1, -0.05) is 51.1 Å². The van der Waals surface area contributed by atoms with Gasteiger partial charge in [-0.25, -0.2) is 4.39 Å². The van der Waals surface area contributed by atoms with Gasteiger partial charge in [0.1, 0.15) is 5.82 Å². The first-order valence-corrected chi connectivity index (χ1v) is 13.7. The van der Waals surface area contributed by atoms with Crippen LogP contribution < -0.4 is 16.2 Å². The first kappa shape index (κ1) is 26.2. The highest BCUT2D eigenvalue weighted by molar-refractivity contribution is 7.96. The average Bonchev–Trinajstić information content (AvgIpc) is 3.12. The minimum Gasteiger partial charge on any atom is -0.382 e. The van der Waals surface area contributed by atoms with Gasteiger partial charge in [0.2, 0.25) is 5.91 Å². The number of nitrogens with two attached hydrogens (primary N) is 2. The summed E-state index contributed by atoms with van der Waals surface area (Å²) in [4.78, 5) is 25.3. The molecule has 0 unspecified atom stereocenters. The maximum Gasteiger partial charge on any atom is 0.250 e. The van der Waals surface area contributed by atoms with Gasteiger partial charge >= 0.3 is 0 Å². The van der Waals surface area contributed by atoms with Crippen molar-refractivity contribution in [2.24, 2.45) is 16.3 Å². The molecule has 5 rings (SSSR count). The molecule has 1 aliphatic heterocycles. The molecule has 6 nitrogen and oxygen atoms in total. The SMILES string of the molecule is CC1(C)CC(=O)n2c(c(-c3ccc(C(N)=O)c(NC4CCCCC4)c3)c3ccc(F)cc32)C1.CSN. The van der Waals surface area contributed by atoms with E-state index in [1.54, 1.807) is 16.7 Å². The van der Waals surface area contributed by atoms with Crippen LogP contribution in [0.25, 0.3) is 22.0 Å².